The van der Waals surface area contributed by atoms with Crippen LogP contribution in [0.3, 0.4) is 0 Å². The number of carboxylic acids is 1. The van der Waals surface area contributed by atoms with E-state index in [-0.39, 0.29) is 19.1 Å². The van der Waals surface area contributed by atoms with Crippen molar-refractivity contribution in [3.05, 3.63) is 24.2 Å². The average molecular weight is 296 g/mol. The van der Waals surface area contributed by atoms with E-state index in [4.69, 9.17) is 14.3 Å². The van der Waals surface area contributed by atoms with Gasteiger partial charge in [-0.05, 0) is 19.1 Å². The maximum absolute atomic E-state index is 12.6. The first-order valence-corrected chi connectivity index (χ1v) is 6.99. The van der Waals surface area contributed by atoms with Crippen molar-refractivity contribution in [2.45, 2.75) is 25.9 Å². The number of carbonyl (C=O) groups is 2. The highest BCUT2D eigenvalue weighted by Gasteiger charge is 2.31. The summed E-state index contributed by atoms with van der Waals surface area (Å²) in [5.74, 6) is -0.231. The second-order valence-corrected chi connectivity index (χ2v) is 4.90. The number of hydrogen-bond donors (Lipinski definition) is 1. The van der Waals surface area contributed by atoms with Gasteiger partial charge < -0.3 is 24.1 Å². The van der Waals surface area contributed by atoms with Gasteiger partial charge in [0.1, 0.15) is 5.76 Å². The van der Waals surface area contributed by atoms with Crippen LogP contribution in [0.15, 0.2) is 22.8 Å². The van der Waals surface area contributed by atoms with Crippen molar-refractivity contribution in [1.29, 1.82) is 0 Å². The number of carbonyl (C=O) groups excluding carboxylic acids is 1. The normalized spacial score (nSPS) is 18.5. The molecule has 1 aliphatic heterocycles. The Kier molecular flexibility index (Phi) is 5.21. The molecule has 1 saturated heterocycles. The lowest BCUT2D eigenvalue weighted by Gasteiger charge is -2.37. The molecule has 0 spiro atoms. The predicted molar refractivity (Wildman–Crippen MR) is 73.8 cm³/mol. The first kappa shape index (κ1) is 15.4. The minimum Gasteiger partial charge on any atom is -0.481 e. The zero-order chi connectivity index (χ0) is 15.2. The molecule has 21 heavy (non-hydrogen) atoms. The largest absolute Gasteiger partial charge is 0.481 e. The van der Waals surface area contributed by atoms with Crippen LogP contribution in [0.4, 0.5) is 4.79 Å². The minimum absolute atomic E-state index is 0.107. The van der Waals surface area contributed by atoms with E-state index in [2.05, 4.69) is 0 Å². The van der Waals surface area contributed by atoms with Crippen LogP contribution in [-0.4, -0.2) is 59.3 Å². The van der Waals surface area contributed by atoms with Crippen LogP contribution in [0.25, 0.3) is 0 Å². The van der Waals surface area contributed by atoms with E-state index in [1.807, 2.05) is 13.0 Å². The fourth-order valence-corrected chi connectivity index (χ4v) is 2.36. The Morgan fingerprint density at radius 2 is 2.33 bits per heavy atom. The molecule has 1 aromatic heterocycles. The predicted octanol–water partition coefficient (Wildman–Crippen LogP) is 1.40. The molecule has 1 N–H and O–H groups in total. The van der Waals surface area contributed by atoms with Crippen LogP contribution in [0.2, 0.25) is 0 Å². The lowest BCUT2D eigenvalue weighted by molar-refractivity contribution is -0.139. The minimum atomic E-state index is -0.933. The highest BCUT2D eigenvalue weighted by molar-refractivity contribution is 5.76. The van der Waals surface area contributed by atoms with Crippen LogP contribution >= 0.6 is 0 Å². The highest BCUT2D eigenvalue weighted by atomic mass is 16.5. The van der Waals surface area contributed by atoms with Crippen LogP contribution in [0, 0.1) is 0 Å². The van der Waals surface area contributed by atoms with E-state index < -0.39 is 12.0 Å². The molecule has 7 heteroatoms. The highest BCUT2D eigenvalue weighted by Crippen LogP contribution is 2.15. The molecule has 1 unspecified atom stereocenters. The Labute approximate surface area is 123 Å². The van der Waals surface area contributed by atoms with Crippen molar-refractivity contribution in [1.82, 2.24) is 9.80 Å². The molecule has 2 heterocycles. The Morgan fingerprint density at radius 3 is 2.95 bits per heavy atom. The zero-order valence-corrected chi connectivity index (χ0v) is 12.0. The molecular weight excluding hydrogens is 276 g/mol. The van der Waals surface area contributed by atoms with Gasteiger partial charge >= 0.3 is 12.0 Å². The van der Waals surface area contributed by atoms with Gasteiger partial charge in [0, 0.05) is 13.1 Å². The van der Waals surface area contributed by atoms with Crippen LogP contribution < -0.4 is 0 Å². The third kappa shape index (κ3) is 3.98. The number of hydrogen-bond acceptors (Lipinski definition) is 4. The van der Waals surface area contributed by atoms with Crippen LogP contribution in [0.5, 0.6) is 0 Å². The van der Waals surface area contributed by atoms with Crippen molar-refractivity contribution >= 4 is 12.0 Å². The summed E-state index contributed by atoms with van der Waals surface area (Å²) in [4.78, 5) is 26.7. The Morgan fingerprint density at radius 1 is 1.52 bits per heavy atom. The first-order valence-electron chi connectivity index (χ1n) is 6.99. The van der Waals surface area contributed by atoms with E-state index >= 15 is 0 Å². The number of rotatable bonds is 5. The molecule has 2 amide bonds. The molecule has 7 nitrogen and oxygen atoms in total. The summed E-state index contributed by atoms with van der Waals surface area (Å²) >= 11 is 0. The second kappa shape index (κ2) is 7.12. The maximum Gasteiger partial charge on any atom is 0.320 e. The topological polar surface area (TPSA) is 83.2 Å². The number of nitrogens with zero attached hydrogens (tertiary/aromatic N) is 2. The lowest BCUT2D eigenvalue weighted by atomic mass is 10.1. The molecule has 1 atom stereocenters. The number of carboxylic acid groups (broad SMARTS) is 1. The molecule has 0 aromatic carbocycles. The van der Waals surface area contributed by atoms with E-state index in [0.29, 0.717) is 32.0 Å². The van der Waals surface area contributed by atoms with E-state index in [1.165, 1.54) is 0 Å². The summed E-state index contributed by atoms with van der Waals surface area (Å²) in [7, 11) is 0. The van der Waals surface area contributed by atoms with Gasteiger partial charge in [-0.15, -0.1) is 0 Å². The Balaban J connectivity index is 2.05. The third-order valence-electron chi connectivity index (χ3n) is 3.46. The van der Waals surface area contributed by atoms with Crippen molar-refractivity contribution < 1.29 is 23.8 Å². The van der Waals surface area contributed by atoms with Gasteiger partial charge in [-0.1, -0.05) is 0 Å². The lowest BCUT2D eigenvalue weighted by Crippen LogP contribution is -2.54. The van der Waals surface area contributed by atoms with Crippen molar-refractivity contribution in [3.8, 4) is 0 Å². The van der Waals surface area contributed by atoms with Crippen LogP contribution in [0.1, 0.15) is 19.1 Å². The number of ether oxygens (including phenoxy) is 1. The number of urea groups is 1. The SMILES string of the molecule is CCN(Cc1ccco1)C(=O)N1CCOCC1CC(=O)O. The standard InChI is InChI=1S/C14H20N2O5/c1-2-15(9-12-4-3-6-21-12)14(19)16-5-7-20-10-11(16)8-13(17)18/h3-4,6,11H,2,5,7-10H2,1H3,(H,17,18). The van der Waals surface area contributed by atoms with E-state index in [1.54, 1.807) is 22.1 Å². The zero-order valence-electron chi connectivity index (χ0n) is 12.0. The molecule has 0 aliphatic carbocycles. The fourth-order valence-electron chi connectivity index (χ4n) is 2.36. The summed E-state index contributed by atoms with van der Waals surface area (Å²) in [6, 6.07) is 2.98. The Hall–Kier alpha value is -2.02. The monoisotopic (exact) mass is 296 g/mol. The molecule has 1 aromatic rings. The molecular formula is C14H20N2O5. The molecule has 0 radical (unpaired) electrons. The van der Waals surface area contributed by atoms with Gasteiger partial charge in [-0.2, -0.15) is 0 Å². The summed E-state index contributed by atoms with van der Waals surface area (Å²) in [6.45, 7) is 3.88. The number of aliphatic carboxylic acids is 1. The van der Waals surface area contributed by atoms with E-state index in [9.17, 15) is 9.59 Å². The molecule has 0 saturated carbocycles. The number of morpholine rings is 1. The number of furan rings is 1. The van der Waals surface area contributed by atoms with Gasteiger partial charge in [-0.25, -0.2) is 4.79 Å². The van der Waals surface area contributed by atoms with Gasteiger partial charge in [0.15, 0.2) is 0 Å². The summed E-state index contributed by atoms with van der Waals surface area (Å²) in [5.41, 5.74) is 0. The van der Waals surface area contributed by atoms with E-state index in [0.717, 1.165) is 0 Å². The molecule has 0 bridgehead atoms. The smallest absolute Gasteiger partial charge is 0.320 e. The molecule has 2 rings (SSSR count). The third-order valence-corrected chi connectivity index (χ3v) is 3.46. The van der Waals surface area contributed by atoms with Gasteiger partial charge in [0.25, 0.3) is 0 Å². The van der Waals surface area contributed by atoms with Crippen molar-refractivity contribution in [2.24, 2.45) is 0 Å². The maximum atomic E-state index is 12.6. The van der Waals surface area contributed by atoms with Gasteiger partial charge in [-0.3, -0.25) is 4.79 Å². The van der Waals surface area contributed by atoms with Gasteiger partial charge in [0.05, 0.1) is 38.5 Å². The molecule has 116 valence electrons. The molecule has 1 aliphatic rings. The fraction of sp³-hybridized carbons (Fsp3) is 0.571. The Bertz CT molecular complexity index is 474. The summed E-state index contributed by atoms with van der Waals surface area (Å²) < 4.78 is 10.6. The number of amides is 2. The summed E-state index contributed by atoms with van der Waals surface area (Å²) in [5, 5.41) is 8.95. The van der Waals surface area contributed by atoms with Crippen molar-refractivity contribution in [3.63, 3.8) is 0 Å². The second-order valence-electron chi connectivity index (χ2n) is 4.90. The quantitative estimate of drug-likeness (QED) is 0.888. The first-order chi connectivity index (χ1) is 10.1. The molecule has 1 fully saturated rings. The van der Waals surface area contributed by atoms with Gasteiger partial charge in [0.2, 0.25) is 0 Å². The van der Waals surface area contributed by atoms with Crippen LogP contribution in [-0.2, 0) is 16.1 Å². The average Bonchev–Trinajstić information content (AvgIpc) is 2.97. The van der Waals surface area contributed by atoms with Crippen molar-refractivity contribution in [2.75, 3.05) is 26.3 Å². The summed E-state index contributed by atoms with van der Waals surface area (Å²) in [6.07, 6.45) is 1.46.